The van der Waals surface area contributed by atoms with E-state index in [1.54, 1.807) is 0 Å². The number of hydrogen-bond acceptors (Lipinski definition) is 4. The van der Waals surface area contributed by atoms with E-state index < -0.39 is 0 Å². The molecular weight excluding hydrogens is 318 g/mol. The van der Waals surface area contributed by atoms with Crippen LogP contribution in [0.25, 0.3) is 10.6 Å². The van der Waals surface area contributed by atoms with Crippen molar-refractivity contribution in [1.82, 2.24) is 15.2 Å². The van der Waals surface area contributed by atoms with Crippen molar-refractivity contribution in [1.29, 1.82) is 0 Å². The van der Waals surface area contributed by atoms with Gasteiger partial charge in [0.25, 0.3) is 5.91 Å². The molecule has 2 aromatic rings. The summed E-state index contributed by atoms with van der Waals surface area (Å²) < 4.78 is 0. The van der Waals surface area contributed by atoms with Gasteiger partial charge in [-0.25, -0.2) is 4.98 Å². The summed E-state index contributed by atoms with van der Waals surface area (Å²) in [5.74, 6) is 0.00498. The summed E-state index contributed by atoms with van der Waals surface area (Å²) >= 11 is 7.49. The molecule has 22 heavy (non-hydrogen) atoms. The quantitative estimate of drug-likeness (QED) is 0.916. The number of nitrogens with zero attached hydrogens (tertiary/aromatic N) is 2. The van der Waals surface area contributed by atoms with Crippen LogP contribution in [-0.4, -0.2) is 41.0 Å². The van der Waals surface area contributed by atoms with Crippen molar-refractivity contribution in [2.24, 2.45) is 0 Å². The minimum atomic E-state index is 0.00498. The zero-order valence-corrected chi connectivity index (χ0v) is 14.1. The number of piperazine rings is 1. The van der Waals surface area contributed by atoms with E-state index >= 15 is 0 Å². The maximum atomic E-state index is 12.7. The van der Waals surface area contributed by atoms with Crippen molar-refractivity contribution in [3.8, 4) is 10.6 Å². The molecule has 1 amide bonds. The summed E-state index contributed by atoms with van der Waals surface area (Å²) in [6.45, 7) is 5.71. The first-order chi connectivity index (χ1) is 10.6. The van der Waals surface area contributed by atoms with E-state index in [0.29, 0.717) is 23.3 Å². The van der Waals surface area contributed by atoms with E-state index in [1.165, 1.54) is 11.3 Å². The Balaban J connectivity index is 1.83. The monoisotopic (exact) mass is 335 g/mol. The van der Waals surface area contributed by atoms with Crippen molar-refractivity contribution in [2.75, 3.05) is 13.1 Å². The number of carbonyl (C=O) groups is 1. The van der Waals surface area contributed by atoms with Gasteiger partial charge < -0.3 is 10.2 Å². The SMILES string of the molecule is CC1NCCN(C(=O)c2csc(-c3cccc(Cl)c3)n2)C1C. The lowest BCUT2D eigenvalue weighted by molar-refractivity contribution is 0.0598. The van der Waals surface area contributed by atoms with Gasteiger partial charge in [-0.15, -0.1) is 11.3 Å². The molecule has 0 aliphatic carbocycles. The zero-order valence-electron chi connectivity index (χ0n) is 12.5. The molecule has 3 rings (SSSR count). The van der Waals surface area contributed by atoms with Gasteiger partial charge in [-0.05, 0) is 26.0 Å². The standard InChI is InChI=1S/C16H18ClN3OS/c1-10-11(2)20(7-6-18-10)16(21)14-9-22-15(19-14)12-4-3-5-13(17)8-12/h3-5,8-11,18H,6-7H2,1-2H3. The first-order valence-electron chi connectivity index (χ1n) is 7.32. The Labute approximate surface area is 139 Å². The summed E-state index contributed by atoms with van der Waals surface area (Å²) in [6, 6.07) is 8.00. The number of benzene rings is 1. The lowest BCUT2D eigenvalue weighted by atomic mass is 10.1. The largest absolute Gasteiger partial charge is 0.332 e. The zero-order chi connectivity index (χ0) is 15.7. The van der Waals surface area contributed by atoms with E-state index in [0.717, 1.165) is 17.1 Å². The third-order valence-electron chi connectivity index (χ3n) is 4.09. The van der Waals surface area contributed by atoms with Crippen LogP contribution in [0.1, 0.15) is 24.3 Å². The molecule has 1 aromatic heterocycles. The molecule has 6 heteroatoms. The molecule has 2 atom stereocenters. The predicted molar refractivity (Wildman–Crippen MR) is 90.5 cm³/mol. The maximum Gasteiger partial charge on any atom is 0.273 e. The maximum absolute atomic E-state index is 12.7. The van der Waals surface area contributed by atoms with Gasteiger partial charge in [-0.1, -0.05) is 23.7 Å². The molecule has 0 bridgehead atoms. The Kier molecular flexibility index (Phi) is 4.47. The van der Waals surface area contributed by atoms with Gasteiger partial charge in [0.1, 0.15) is 10.7 Å². The lowest BCUT2D eigenvalue weighted by Gasteiger charge is -2.38. The Morgan fingerprint density at radius 3 is 3.05 bits per heavy atom. The summed E-state index contributed by atoms with van der Waals surface area (Å²) in [5.41, 5.74) is 1.46. The van der Waals surface area contributed by atoms with Crippen LogP contribution in [0.2, 0.25) is 5.02 Å². The number of nitrogens with one attached hydrogen (secondary N) is 1. The fourth-order valence-corrected chi connectivity index (χ4v) is 3.60. The average Bonchev–Trinajstić information content (AvgIpc) is 2.99. The number of amides is 1. The molecule has 1 aliphatic heterocycles. The Bertz CT molecular complexity index is 688. The third-order valence-corrected chi connectivity index (χ3v) is 5.22. The summed E-state index contributed by atoms with van der Waals surface area (Å²) in [7, 11) is 0. The van der Waals surface area contributed by atoms with Gasteiger partial charge in [0.2, 0.25) is 0 Å². The van der Waals surface area contributed by atoms with E-state index in [2.05, 4.69) is 24.1 Å². The van der Waals surface area contributed by atoms with Crippen LogP contribution in [0.5, 0.6) is 0 Å². The van der Waals surface area contributed by atoms with Crippen LogP contribution in [0.4, 0.5) is 0 Å². The number of aromatic nitrogens is 1. The minimum absolute atomic E-state index is 0.00498. The molecule has 2 unspecified atom stereocenters. The number of halogens is 1. The topological polar surface area (TPSA) is 45.2 Å². The average molecular weight is 336 g/mol. The third kappa shape index (κ3) is 3.02. The molecule has 1 fully saturated rings. The van der Waals surface area contributed by atoms with Crippen LogP contribution in [0.3, 0.4) is 0 Å². The molecule has 1 saturated heterocycles. The van der Waals surface area contributed by atoms with Crippen LogP contribution >= 0.6 is 22.9 Å². The molecule has 0 spiro atoms. The molecular formula is C16H18ClN3OS. The van der Waals surface area contributed by atoms with Gasteiger partial charge in [-0.2, -0.15) is 0 Å². The summed E-state index contributed by atoms with van der Waals surface area (Å²) in [5, 5.41) is 6.70. The molecule has 1 aromatic carbocycles. The van der Waals surface area contributed by atoms with Crippen LogP contribution < -0.4 is 5.32 Å². The second-order valence-electron chi connectivity index (χ2n) is 5.53. The fourth-order valence-electron chi connectivity index (χ4n) is 2.62. The van der Waals surface area contributed by atoms with Gasteiger partial charge in [0.05, 0.1) is 0 Å². The van der Waals surface area contributed by atoms with Crippen LogP contribution in [0.15, 0.2) is 29.6 Å². The molecule has 2 heterocycles. The Morgan fingerprint density at radius 1 is 1.45 bits per heavy atom. The molecule has 1 aliphatic rings. The van der Waals surface area contributed by atoms with Gasteiger partial charge >= 0.3 is 0 Å². The molecule has 1 N–H and O–H groups in total. The first kappa shape index (κ1) is 15.5. The highest BCUT2D eigenvalue weighted by Crippen LogP contribution is 2.27. The molecule has 116 valence electrons. The number of carbonyl (C=O) groups excluding carboxylic acids is 1. The van der Waals surface area contributed by atoms with Crippen molar-refractivity contribution < 1.29 is 4.79 Å². The van der Waals surface area contributed by atoms with E-state index in [-0.39, 0.29) is 11.9 Å². The first-order valence-corrected chi connectivity index (χ1v) is 8.58. The Morgan fingerprint density at radius 2 is 2.27 bits per heavy atom. The van der Waals surface area contributed by atoms with Gasteiger partial charge in [-0.3, -0.25) is 4.79 Å². The van der Waals surface area contributed by atoms with Gasteiger partial charge in [0, 0.05) is 41.1 Å². The van der Waals surface area contributed by atoms with Crippen LogP contribution in [-0.2, 0) is 0 Å². The fraction of sp³-hybridized carbons (Fsp3) is 0.375. The summed E-state index contributed by atoms with van der Waals surface area (Å²) in [4.78, 5) is 19.1. The van der Waals surface area contributed by atoms with Crippen LogP contribution in [0, 0.1) is 0 Å². The second kappa shape index (κ2) is 6.36. The number of rotatable bonds is 2. The van der Waals surface area contributed by atoms with Crippen molar-refractivity contribution in [3.63, 3.8) is 0 Å². The predicted octanol–water partition coefficient (Wildman–Crippen LogP) is 3.29. The van der Waals surface area contributed by atoms with E-state index in [9.17, 15) is 4.79 Å². The van der Waals surface area contributed by atoms with Gasteiger partial charge in [0.15, 0.2) is 0 Å². The molecule has 0 radical (unpaired) electrons. The minimum Gasteiger partial charge on any atom is -0.332 e. The second-order valence-corrected chi connectivity index (χ2v) is 6.82. The van der Waals surface area contributed by atoms with Crippen molar-refractivity contribution in [3.05, 3.63) is 40.4 Å². The highest BCUT2D eigenvalue weighted by molar-refractivity contribution is 7.13. The van der Waals surface area contributed by atoms with Crippen molar-refractivity contribution in [2.45, 2.75) is 25.9 Å². The lowest BCUT2D eigenvalue weighted by Crippen LogP contribution is -2.57. The molecule has 0 saturated carbocycles. The summed E-state index contributed by atoms with van der Waals surface area (Å²) in [6.07, 6.45) is 0. The van der Waals surface area contributed by atoms with E-state index in [1.807, 2.05) is 34.5 Å². The van der Waals surface area contributed by atoms with E-state index in [4.69, 9.17) is 11.6 Å². The smallest absolute Gasteiger partial charge is 0.273 e. The highest BCUT2D eigenvalue weighted by atomic mass is 35.5. The number of hydrogen-bond donors (Lipinski definition) is 1. The normalized spacial score (nSPS) is 21.9. The molecule has 4 nitrogen and oxygen atoms in total. The number of thiazole rings is 1. The van der Waals surface area contributed by atoms with Crippen molar-refractivity contribution >= 4 is 28.8 Å². The highest BCUT2D eigenvalue weighted by Gasteiger charge is 2.29. The Hall–Kier alpha value is -1.43.